The molecule has 2 aliphatic heterocycles. The summed E-state index contributed by atoms with van der Waals surface area (Å²) < 4.78 is 0. The van der Waals surface area contributed by atoms with Crippen LogP contribution in [0.4, 0.5) is 22.7 Å². The van der Waals surface area contributed by atoms with Crippen molar-refractivity contribution in [2.45, 2.75) is 39.2 Å². The van der Waals surface area contributed by atoms with Crippen molar-refractivity contribution in [1.82, 2.24) is 0 Å². The summed E-state index contributed by atoms with van der Waals surface area (Å²) in [4.78, 5) is 15.6. The van der Waals surface area contributed by atoms with Gasteiger partial charge in [0.15, 0.2) is 0 Å². The maximum Gasteiger partial charge on any atom is 0.401 e. The van der Waals surface area contributed by atoms with Crippen LogP contribution in [0.1, 0.15) is 0 Å². The van der Waals surface area contributed by atoms with Gasteiger partial charge in [-0.1, -0.05) is 121 Å². The monoisotopic (exact) mass is 715 g/mol. The molecule has 0 amide bonds. The number of benzene rings is 8. The van der Waals surface area contributed by atoms with E-state index in [4.69, 9.17) is 0 Å². The number of fused-ring (bicyclic) bond motifs is 4. The molecule has 0 N–H and O–H groups in total. The maximum atomic E-state index is 2.45. The van der Waals surface area contributed by atoms with Crippen molar-refractivity contribution >= 4 is 50.4 Å². The number of para-hydroxylation sites is 4. The molecule has 0 saturated carbocycles. The topological polar surface area (TPSA) is 6.48 Å². The first-order valence-electron chi connectivity index (χ1n) is 18.0. The van der Waals surface area contributed by atoms with Gasteiger partial charge in [-0.15, -0.1) is 20.1 Å². The molecule has 2 aliphatic rings. The van der Waals surface area contributed by atoms with E-state index in [0.29, 0.717) is 0 Å². The molecule has 5 heteroatoms. The molecule has 2 nitrogen and oxygen atoms in total. The molecule has 1 radical (unpaired) electrons. The van der Waals surface area contributed by atoms with Crippen LogP contribution in [0.5, 0.6) is 0 Å². The number of anilines is 4. The van der Waals surface area contributed by atoms with Crippen molar-refractivity contribution in [1.29, 1.82) is 0 Å². The lowest BCUT2D eigenvalue weighted by molar-refractivity contribution is 1.12. The van der Waals surface area contributed by atoms with E-state index in [0.717, 1.165) is 0 Å². The first kappa shape index (κ1) is 31.8. The smallest absolute Gasteiger partial charge is 0.367 e. The molecule has 2 heterocycles. The van der Waals surface area contributed by atoms with E-state index in [9.17, 15) is 0 Å². The third kappa shape index (κ3) is 4.71. The van der Waals surface area contributed by atoms with Crippen LogP contribution >= 0.6 is 20.1 Å². The van der Waals surface area contributed by atoms with Gasteiger partial charge in [0.25, 0.3) is 0 Å². The van der Waals surface area contributed by atoms with Gasteiger partial charge in [-0.2, -0.15) is 0 Å². The van der Waals surface area contributed by atoms with Gasteiger partial charge in [-0.05, 0) is 97.1 Å². The van der Waals surface area contributed by atoms with Crippen molar-refractivity contribution in [2.24, 2.45) is 0 Å². The largest absolute Gasteiger partial charge is 0.401 e. The molecule has 53 heavy (non-hydrogen) atoms. The van der Waals surface area contributed by atoms with E-state index >= 15 is 0 Å². The molecule has 0 aliphatic carbocycles. The fraction of sp³-hybridized carbons (Fsp3) is 0. The van der Waals surface area contributed by atoms with E-state index in [1.54, 1.807) is 0 Å². The zero-order valence-electron chi connectivity index (χ0n) is 29.1. The average molecular weight is 716 g/mol. The summed E-state index contributed by atoms with van der Waals surface area (Å²) >= 11 is 0. The molecular weight excluding hydrogens is 679 g/mol. The minimum absolute atomic E-state index is 1.19. The highest BCUT2D eigenvalue weighted by molar-refractivity contribution is 8.34. The van der Waals surface area contributed by atoms with Crippen LogP contribution in [0.15, 0.2) is 258 Å². The second-order valence-electron chi connectivity index (χ2n) is 13.2. The summed E-state index contributed by atoms with van der Waals surface area (Å²) in [5.41, 5.74) is 4.77. The fourth-order valence-electron chi connectivity index (χ4n) is 8.31. The highest BCUT2D eigenvalue weighted by Gasteiger charge is 2.46. The second-order valence-corrected chi connectivity index (χ2v) is 19.3. The summed E-state index contributed by atoms with van der Waals surface area (Å²) in [5, 5.41) is 0. The van der Waals surface area contributed by atoms with Crippen LogP contribution < -0.4 is 9.62 Å². The SMILES string of the molecule is [B](N1c2ccccc2S(c2ccccc2)(c2ccccc2)c2ccccc21)N1c2ccccc2S(c2ccccc2)(c2ccccc2)c2ccccc21. The predicted octanol–water partition coefficient (Wildman–Crippen LogP) is 13.5. The summed E-state index contributed by atoms with van der Waals surface area (Å²) in [6, 6.07) is 80.8. The molecule has 0 aromatic heterocycles. The van der Waals surface area contributed by atoms with Crippen LogP contribution in [0.2, 0.25) is 0 Å². The molecule has 8 aromatic carbocycles. The number of rotatable bonds is 6. The number of hydrogen-bond acceptors (Lipinski definition) is 2. The van der Waals surface area contributed by atoms with Gasteiger partial charge >= 0.3 is 7.55 Å². The molecule has 0 bridgehead atoms. The standard InChI is InChI=1S/C48H36BN2S2/c1-5-21-37(22-6-1)52(38-23-7-2-8-24-38)45-33-17-13-29-41(45)50(42-30-14-18-34-46(42)52)49-51-43-31-15-19-35-47(43)53(39-25-9-3-10-26-39,40-27-11-4-12-28-40)48-36-20-16-32-44(48)51/h1-36H. The Labute approximate surface area is 315 Å². The van der Waals surface area contributed by atoms with Crippen LogP contribution in [0, 0.1) is 0 Å². The Morgan fingerprint density at radius 3 is 0.698 bits per heavy atom. The lowest BCUT2D eigenvalue weighted by atomic mass is 9.96. The molecule has 0 fully saturated rings. The van der Waals surface area contributed by atoms with E-state index < -0.39 is 20.1 Å². The van der Waals surface area contributed by atoms with Crippen molar-refractivity contribution in [3.63, 3.8) is 0 Å². The van der Waals surface area contributed by atoms with Crippen LogP contribution in [-0.4, -0.2) is 7.55 Å². The van der Waals surface area contributed by atoms with Gasteiger partial charge in [-0.25, -0.2) is 0 Å². The van der Waals surface area contributed by atoms with Crippen molar-refractivity contribution in [2.75, 3.05) is 9.62 Å². The first-order chi connectivity index (χ1) is 26.3. The Hall–Kier alpha value is -5.88. The van der Waals surface area contributed by atoms with Gasteiger partial charge < -0.3 is 9.62 Å². The Morgan fingerprint density at radius 2 is 0.453 bits per heavy atom. The Kier molecular flexibility index (Phi) is 7.78. The molecule has 0 atom stereocenters. The minimum Gasteiger partial charge on any atom is -0.367 e. The third-order valence-corrected chi connectivity index (χ3v) is 18.4. The Morgan fingerprint density at radius 1 is 0.245 bits per heavy atom. The Bertz CT molecular complexity index is 2210. The van der Waals surface area contributed by atoms with Gasteiger partial charge in [0, 0.05) is 61.9 Å². The minimum atomic E-state index is -1.84. The van der Waals surface area contributed by atoms with Crippen molar-refractivity contribution in [3.8, 4) is 0 Å². The van der Waals surface area contributed by atoms with Gasteiger partial charge in [0.1, 0.15) is 0 Å². The molecule has 0 spiro atoms. The molecular formula is C48H36BN2S2. The van der Waals surface area contributed by atoms with Gasteiger partial charge in [0.2, 0.25) is 0 Å². The molecule has 10 rings (SSSR count). The average Bonchev–Trinajstić information content (AvgIpc) is 3.25. The van der Waals surface area contributed by atoms with E-state index in [-0.39, 0.29) is 0 Å². The Balaban J connectivity index is 1.22. The molecule has 0 saturated heterocycles. The van der Waals surface area contributed by atoms with Gasteiger partial charge in [-0.3, -0.25) is 0 Å². The summed E-state index contributed by atoms with van der Waals surface area (Å²) in [6.45, 7) is 0. The zero-order chi connectivity index (χ0) is 35.2. The van der Waals surface area contributed by atoms with E-state index in [2.05, 4.69) is 236 Å². The highest BCUT2D eigenvalue weighted by Crippen LogP contribution is 2.80. The van der Waals surface area contributed by atoms with Crippen molar-refractivity contribution in [3.05, 3.63) is 218 Å². The fourth-order valence-corrected chi connectivity index (χ4v) is 16.7. The third-order valence-electron chi connectivity index (χ3n) is 10.4. The zero-order valence-corrected chi connectivity index (χ0v) is 30.7. The molecule has 0 unspecified atom stereocenters. The highest BCUT2D eigenvalue weighted by atomic mass is 32.3. The number of nitrogens with zero attached hydrogens (tertiary/aromatic N) is 2. The second kappa shape index (κ2) is 13.0. The lowest BCUT2D eigenvalue weighted by Crippen LogP contribution is -2.40. The summed E-state index contributed by atoms with van der Waals surface area (Å²) in [7, 11) is -1.32. The van der Waals surface area contributed by atoms with Gasteiger partial charge in [0.05, 0.1) is 0 Å². The lowest BCUT2D eigenvalue weighted by Gasteiger charge is -2.52. The van der Waals surface area contributed by atoms with Crippen LogP contribution in [0.3, 0.4) is 0 Å². The normalized spacial score (nSPS) is 15.8. The van der Waals surface area contributed by atoms with Crippen LogP contribution in [-0.2, 0) is 0 Å². The maximum absolute atomic E-state index is 2.45. The quantitative estimate of drug-likeness (QED) is 0.158. The van der Waals surface area contributed by atoms with E-state index in [1.165, 1.54) is 61.9 Å². The van der Waals surface area contributed by atoms with Crippen LogP contribution in [0.25, 0.3) is 0 Å². The number of hydrogen-bond donors (Lipinski definition) is 0. The summed E-state index contributed by atoms with van der Waals surface area (Å²) in [5.74, 6) is 0. The predicted molar refractivity (Wildman–Crippen MR) is 223 cm³/mol. The van der Waals surface area contributed by atoms with Crippen molar-refractivity contribution < 1.29 is 0 Å². The summed E-state index contributed by atoms with van der Waals surface area (Å²) in [6.07, 6.45) is 0. The molecule has 253 valence electrons. The first-order valence-corrected chi connectivity index (χ1v) is 21.3. The molecule has 8 aromatic rings. The van der Waals surface area contributed by atoms with E-state index in [1.807, 2.05) is 0 Å².